The fourth-order valence-electron chi connectivity index (χ4n) is 3.59. The number of amides is 1. The standard InChI is InChI=1S/C20H30N4O2/c1-13(2)16-11-15(17-14(3)23-26-19(17)22-16)18(25)21-12-20(4,5)24-9-7-6-8-10-24/h11,13H,6-10,12H2,1-5H3,(H,21,25). The topological polar surface area (TPSA) is 71.3 Å². The van der Waals surface area contributed by atoms with Gasteiger partial charge in [-0.05, 0) is 58.7 Å². The summed E-state index contributed by atoms with van der Waals surface area (Å²) in [7, 11) is 0. The van der Waals surface area contributed by atoms with Crippen LogP contribution in [0, 0.1) is 6.92 Å². The summed E-state index contributed by atoms with van der Waals surface area (Å²) in [5.74, 6) is 0.122. The highest BCUT2D eigenvalue weighted by Crippen LogP contribution is 2.25. The Kier molecular flexibility index (Phi) is 5.32. The third-order valence-electron chi connectivity index (χ3n) is 5.37. The highest BCUT2D eigenvalue weighted by molar-refractivity contribution is 6.06. The summed E-state index contributed by atoms with van der Waals surface area (Å²) < 4.78 is 5.32. The molecule has 0 saturated carbocycles. The lowest BCUT2D eigenvalue weighted by molar-refractivity contribution is 0.0798. The highest BCUT2D eigenvalue weighted by atomic mass is 16.5. The van der Waals surface area contributed by atoms with Gasteiger partial charge in [0.15, 0.2) is 0 Å². The summed E-state index contributed by atoms with van der Waals surface area (Å²) in [4.78, 5) is 20.0. The van der Waals surface area contributed by atoms with Gasteiger partial charge in [0.25, 0.3) is 11.6 Å². The molecule has 0 aromatic carbocycles. The Balaban J connectivity index is 1.82. The Labute approximate surface area is 155 Å². The van der Waals surface area contributed by atoms with Crippen molar-refractivity contribution in [2.75, 3.05) is 19.6 Å². The van der Waals surface area contributed by atoms with Crippen LogP contribution in [0.1, 0.15) is 74.6 Å². The summed E-state index contributed by atoms with van der Waals surface area (Å²) >= 11 is 0. The fourth-order valence-corrected chi connectivity index (χ4v) is 3.59. The Morgan fingerprint density at radius 2 is 2.00 bits per heavy atom. The number of rotatable bonds is 5. The van der Waals surface area contributed by atoms with Crippen molar-refractivity contribution in [3.8, 4) is 0 Å². The van der Waals surface area contributed by atoms with Crippen molar-refractivity contribution in [1.82, 2.24) is 20.4 Å². The average Bonchev–Trinajstić information content (AvgIpc) is 3.01. The summed E-state index contributed by atoms with van der Waals surface area (Å²) in [5, 5.41) is 7.84. The second-order valence-corrected chi connectivity index (χ2v) is 8.24. The molecule has 1 N–H and O–H groups in total. The van der Waals surface area contributed by atoms with Gasteiger partial charge in [0, 0.05) is 17.8 Å². The SMILES string of the molecule is Cc1noc2nc(C(C)C)cc(C(=O)NCC(C)(C)N3CCCCC3)c12. The lowest BCUT2D eigenvalue weighted by Crippen LogP contribution is -2.53. The summed E-state index contributed by atoms with van der Waals surface area (Å²) in [6, 6.07) is 1.88. The van der Waals surface area contributed by atoms with Gasteiger partial charge in [0.1, 0.15) is 0 Å². The number of pyridine rings is 1. The van der Waals surface area contributed by atoms with Gasteiger partial charge in [0.2, 0.25) is 0 Å². The first-order valence-electron chi connectivity index (χ1n) is 9.60. The first-order valence-corrected chi connectivity index (χ1v) is 9.60. The number of aryl methyl sites for hydroxylation is 1. The van der Waals surface area contributed by atoms with Gasteiger partial charge in [-0.1, -0.05) is 25.4 Å². The Morgan fingerprint density at radius 1 is 1.31 bits per heavy atom. The molecule has 1 aliphatic heterocycles. The van der Waals surface area contributed by atoms with E-state index in [1.807, 2.05) is 13.0 Å². The van der Waals surface area contributed by atoms with Crippen LogP contribution in [-0.4, -0.2) is 46.1 Å². The van der Waals surface area contributed by atoms with E-state index in [1.54, 1.807) is 0 Å². The molecule has 142 valence electrons. The molecule has 0 atom stereocenters. The minimum atomic E-state index is -0.0873. The lowest BCUT2D eigenvalue weighted by Gasteiger charge is -2.41. The number of carbonyl (C=O) groups excluding carboxylic acids is 1. The first-order chi connectivity index (χ1) is 12.3. The van der Waals surface area contributed by atoms with Crippen LogP contribution in [0.2, 0.25) is 0 Å². The van der Waals surface area contributed by atoms with E-state index >= 15 is 0 Å². The minimum Gasteiger partial charge on any atom is -0.350 e. The summed E-state index contributed by atoms with van der Waals surface area (Å²) in [5.41, 5.74) is 2.52. The highest BCUT2D eigenvalue weighted by Gasteiger charge is 2.29. The number of nitrogens with one attached hydrogen (secondary N) is 1. The zero-order valence-electron chi connectivity index (χ0n) is 16.6. The largest absolute Gasteiger partial charge is 0.350 e. The number of aromatic nitrogens is 2. The van der Waals surface area contributed by atoms with E-state index in [1.165, 1.54) is 19.3 Å². The van der Waals surface area contributed by atoms with Crippen LogP contribution in [0.25, 0.3) is 11.1 Å². The molecule has 3 rings (SSSR count). The normalized spacial score (nSPS) is 16.4. The van der Waals surface area contributed by atoms with Crippen LogP contribution >= 0.6 is 0 Å². The van der Waals surface area contributed by atoms with Crippen LogP contribution in [0.5, 0.6) is 0 Å². The quantitative estimate of drug-likeness (QED) is 0.883. The van der Waals surface area contributed by atoms with Crippen molar-refractivity contribution in [1.29, 1.82) is 0 Å². The zero-order chi connectivity index (χ0) is 18.9. The predicted molar refractivity (Wildman–Crippen MR) is 102 cm³/mol. The van der Waals surface area contributed by atoms with E-state index in [4.69, 9.17) is 4.52 Å². The molecule has 0 unspecified atom stereocenters. The van der Waals surface area contributed by atoms with E-state index in [2.05, 4.69) is 48.1 Å². The minimum absolute atomic E-state index is 0.0627. The predicted octanol–water partition coefficient (Wildman–Crippen LogP) is 3.65. The van der Waals surface area contributed by atoms with Gasteiger partial charge in [-0.2, -0.15) is 0 Å². The second-order valence-electron chi connectivity index (χ2n) is 8.24. The number of likely N-dealkylation sites (tertiary alicyclic amines) is 1. The molecule has 0 radical (unpaired) electrons. The molecule has 0 aliphatic carbocycles. The molecule has 26 heavy (non-hydrogen) atoms. The average molecular weight is 358 g/mol. The molecule has 1 amide bonds. The Hall–Kier alpha value is -1.95. The summed E-state index contributed by atoms with van der Waals surface area (Å²) in [6.45, 7) is 13.2. The molecule has 1 fully saturated rings. The molecule has 3 heterocycles. The first kappa shape index (κ1) is 18.8. The maximum absolute atomic E-state index is 13.0. The lowest BCUT2D eigenvalue weighted by atomic mass is 9.98. The van der Waals surface area contributed by atoms with Crippen LogP contribution in [0.15, 0.2) is 10.6 Å². The zero-order valence-corrected chi connectivity index (χ0v) is 16.6. The molecule has 1 saturated heterocycles. The monoisotopic (exact) mass is 358 g/mol. The molecule has 2 aromatic rings. The number of nitrogens with zero attached hydrogens (tertiary/aromatic N) is 3. The molecular weight excluding hydrogens is 328 g/mol. The molecular formula is C20H30N4O2. The van der Waals surface area contributed by atoms with E-state index in [9.17, 15) is 4.79 Å². The van der Waals surface area contributed by atoms with Crippen LogP contribution in [0.4, 0.5) is 0 Å². The van der Waals surface area contributed by atoms with Crippen molar-refractivity contribution in [3.05, 3.63) is 23.0 Å². The van der Waals surface area contributed by atoms with Gasteiger partial charge < -0.3 is 9.84 Å². The molecule has 0 bridgehead atoms. The molecule has 6 heteroatoms. The van der Waals surface area contributed by atoms with Gasteiger partial charge in [-0.3, -0.25) is 9.69 Å². The Bertz CT molecular complexity index is 788. The second kappa shape index (κ2) is 7.35. The molecule has 0 spiro atoms. The van der Waals surface area contributed by atoms with Crippen LogP contribution in [0.3, 0.4) is 0 Å². The van der Waals surface area contributed by atoms with Crippen molar-refractivity contribution < 1.29 is 9.32 Å². The molecule has 2 aromatic heterocycles. The van der Waals surface area contributed by atoms with Crippen molar-refractivity contribution in [2.45, 2.75) is 65.3 Å². The molecule has 6 nitrogen and oxygen atoms in total. The Morgan fingerprint density at radius 3 is 2.65 bits per heavy atom. The fraction of sp³-hybridized carbons (Fsp3) is 0.650. The number of carbonyl (C=O) groups is 1. The van der Waals surface area contributed by atoms with Gasteiger partial charge in [-0.15, -0.1) is 0 Å². The van der Waals surface area contributed by atoms with E-state index in [0.717, 1.165) is 18.8 Å². The van der Waals surface area contributed by atoms with E-state index in [0.29, 0.717) is 28.9 Å². The van der Waals surface area contributed by atoms with Crippen molar-refractivity contribution in [2.24, 2.45) is 0 Å². The van der Waals surface area contributed by atoms with E-state index < -0.39 is 0 Å². The van der Waals surface area contributed by atoms with Crippen molar-refractivity contribution in [3.63, 3.8) is 0 Å². The van der Waals surface area contributed by atoms with E-state index in [-0.39, 0.29) is 17.4 Å². The third kappa shape index (κ3) is 3.75. The van der Waals surface area contributed by atoms with Gasteiger partial charge in [0.05, 0.1) is 16.6 Å². The molecule has 1 aliphatic rings. The van der Waals surface area contributed by atoms with Gasteiger partial charge in [-0.25, -0.2) is 4.98 Å². The smallest absolute Gasteiger partial charge is 0.259 e. The number of hydrogen-bond acceptors (Lipinski definition) is 5. The van der Waals surface area contributed by atoms with Crippen LogP contribution < -0.4 is 5.32 Å². The number of fused-ring (bicyclic) bond motifs is 1. The van der Waals surface area contributed by atoms with Crippen LogP contribution in [-0.2, 0) is 0 Å². The van der Waals surface area contributed by atoms with Crippen molar-refractivity contribution >= 4 is 17.0 Å². The number of piperidine rings is 1. The summed E-state index contributed by atoms with van der Waals surface area (Å²) in [6.07, 6.45) is 3.78. The number of hydrogen-bond donors (Lipinski definition) is 1. The maximum Gasteiger partial charge on any atom is 0.259 e. The maximum atomic E-state index is 13.0. The third-order valence-corrected chi connectivity index (χ3v) is 5.37. The van der Waals surface area contributed by atoms with Gasteiger partial charge >= 0.3 is 0 Å².